The quantitative estimate of drug-likeness (QED) is 0.492. The molecule has 0 amide bonds. The summed E-state index contributed by atoms with van der Waals surface area (Å²) in [5.41, 5.74) is 2.23. The maximum Gasteiger partial charge on any atom is 0.339 e. The van der Waals surface area contributed by atoms with Crippen LogP contribution in [0.15, 0.2) is 75.7 Å². The number of hydrogen-bond donors (Lipinski definition) is 2. The van der Waals surface area contributed by atoms with Gasteiger partial charge in [-0.2, -0.15) is 0 Å². The SMILES string of the molecule is O=C(O)c1cc(N(c2ccc(Br)cc2)c2ccc(Br)cc2)ccc1O. The number of carboxylic acid groups (broad SMARTS) is 1. The lowest BCUT2D eigenvalue weighted by Gasteiger charge is -2.26. The summed E-state index contributed by atoms with van der Waals surface area (Å²) in [6, 6.07) is 19.9. The van der Waals surface area contributed by atoms with Crippen molar-refractivity contribution in [3.05, 3.63) is 81.2 Å². The molecule has 0 heterocycles. The first-order valence-corrected chi connectivity index (χ1v) is 8.92. The molecule has 0 unspecified atom stereocenters. The molecule has 0 atom stereocenters. The number of carboxylic acids is 1. The van der Waals surface area contributed by atoms with Gasteiger partial charge in [-0.15, -0.1) is 0 Å². The topological polar surface area (TPSA) is 60.8 Å². The summed E-state index contributed by atoms with van der Waals surface area (Å²) in [6.07, 6.45) is 0. The minimum atomic E-state index is -1.18. The van der Waals surface area contributed by atoms with Crippen LogP contribution in [-0.4, -0.2) is 16.2 Å². The van der Waals surface area contributed by atoms with Crippen molar-refractivity contribution >= 4 is 54.9 Å². The molecule has 3 aromatic carbocycles. The summed E-state index contributed by atoms with van der Waals surface area (Å²) < 4.78 is 1.90. The van der Waals surface area contributed by atoms with E-state index in [4.69, 9.17) is 0 Å². The van der Waals surface area contributed by atoms with Gasteiger partial charge in [0.25, 0.3) is 0 Å². The third kappa shape index (κ3) is 3.86. The van der Waals surface area contributed by atoms with Crippen LogP contribution in [0.4, 0.5) is 17.1 Å². The molecular weight excluding hydrogens is 450 g/mol. The average Bonchev–Trinajstić information content (AvgIpc) is 2.59. The van der Waals surface area contributed by atoms with Crippen LogP contribution in [0.1, 0.15) is 10.4 Å². The number of aromatic carboxylic acids is 1. The fourth-order valence-corrected chi connectivity index (χ4v) is 2.99. The molecular formula is C19H13Br2NO3. The van der Waals surface area contributed by atoms with Crippen molar-refractivity contribution in [2.45, 2.75) is 0 Å². The van der Waals surface area contributed by atoms with Crippen LogP contribution in [-0.2, 0) is 0 Å². The predicted molar refractivity (Wildman–Crippen MR) is 105 cm³/mol. The highest BCUT2D eigenvalue weighted by Crippen LogP contribution is 2.37. The minimum absolute atomic E-state index is 0.142. The molecule has 6 heteroatoms. The van der Waals surface area contributed by atoms with E-state index in [0.29, 0.717) is 5.69 Å². The monoisotopic (exact) mass is 461 g/mol. The maximum absolute atomic E-state index is 11.4. The summed E-state index contributed by atoms with van der Waals surface area (Å²) in [5, 5.41) is 19.1. The van der Waals surface area contributed by atoms with Gasteiger partial charge in [-0.25, -0.2) is 4.79 Å². The molecule has 25 heavy (non-hydrogen) atoms. The first kappa shape index (κ1) is 17.5. The maximum atomic E-state index is 11.4. The zero-order chi connectivity index (χ0) is 18.0. The van der Waals surface area contributed by atoms with Crippen molar-refractivity contribution < 1.29 is 15.0 Å². The van der Waals surface area contributed by atoms with Gasteiger partial charge in [0.05, 0.1) is 0 Å². The van der Waals surface area contributed by atoms with Crippen molar-refractivity contribution in [2.75, 3.05) is 4.90 Å². The number of nitrogens with zero attached hydrogens (tertiary/aromatic N) is 1. The molecule has 0 aliphatic rings. The molecule has 0 saturated heterocycles. The van der Waals surface area contributed by atoms with Crippen LogP contribution in [0.2, 0.25) is 0 Å². The van der Waals surface area contributed by atoms with Crippen LogP contribution in [0.5, 0.6) is 5.75 Å². The number of aromatic hydroxyl groups is 1. The molecule has 0 saturated carbocycles. The molecule has 0 bridgehead atoms. The molecule has 0 aliphatic carbocycles. The van der Waals surface area contributed by atoms with E-state index < -0.39 is 5.97 Å². The molecule has 4 nitrogen and oxygen atoms in total. The van der Waals surface area contributed by atoms with Crippen LogP contribution >= 0.6 is 31.9 Å². The lowest BCUT2D eigenvalue weighted by atomic mass is 10.1. The Hall–Kier alpha value is -2.31. The van der Waals surface area contributed by atoms with Gasteiger partial charge in [0.2, 0.25) is 0 Å². The number of rotatable bonds is 4. The summed E-state index contributed by atoms with van der Waals surface area (Å²) in [4.78, 5) is 13.3. The number of carbonyl (C=O) groups is 1. The number of phenols is 1. The van der Waals surface area contributed by atoms with Gasteiger partial charge in [0.1, 0.15) is 11.3 Å². The fraction of sp³-hybridized carbons (Fsp3) is 0. The Morgan fingerprint density at radius 3 is 1.64 bits per heavy atom. The third-order valence-electron chi connectivity index (χ3n) is 3.64. The Balaban J connectivity index is 2.17. The largest absolute Gasteiger partial charge is 0.507 e. The van der Waals surface area contributed by atoms with Crippen LogP contribution in [0.3, 0.4) is 0 Å². The van der Waals surface area contributed by atoms with E-state index >= 15 is 0 Å². The van der Waals surface area contributed by atoms with Gasteiger partial charge < -0.3 is 15.1 Å². The highest BCUT2D eigenvalue weighted by Gasteiger charge is 2.17. The van der Waals surface area contributed by atoms with Gasteiger partial charge in [-0.05, 0) is 66.7 Å². The first-order valence-electron chi connectivity index (χ1n) is 7.33. The van der Waals surface area contributed by atoms with Crippen LogP contribution in [0, 0.1) is 0 Å². The molecule has 126 valence electrons. The molecule has 0 fully saturated rings. The highest BCUT2D eigenvalue weighted by atomic mass is 79.9. The minimum Gasteiger partial charge on any atom is -0.507 e. The Morgan fingerprint density at radius 1 is 0.760 bits per heavy atom. The zero-order valence-corrected chi connectivity index (χ0v) is 16.0. The number of hydrogen-bond acceptors (Lipinski definition) is 3. The number of benzene rings is 3. The van der Waals surface area contributed by atoms with E-state index in [1.165, 1.54) is 12.1 Å². The Kier molecular flexibility index (Phi) is 5.11. The van der Waals surface area contributed by atoms with E-state index in [0.717, 1.165) is 20.3 Å². The molecule has 0 radical (unpaired) electrons. The van der Waals surface area contributed by atoms with E-state index in [1.807, 2.05) is 53.4 Å². The second-order valence-corrected chi connectivity index (χ2v) is 7.13. The molecule has 3 rings (SSSR count). The highest BCUT2D eigenvalue weighted by molar-refractivity contribution is 9.10. The van der Waals surface area contributed by atoms with Crippen molar-refractivity contribution in [2.24, 2.45) is 0 Å². The second-order valence-electron chi connectivity index (χ2n) is 5.29. The zero-order valence-electron chi connectivity index (χ0n) is 12.9. The Bertz CT molecular complexity index is 863. The summed E-state index contributed by atoms with van der Waals surface area (Å²) >= 11 is 6.84. The second kappa shape index (κ2) is 7.29. The van der Waals surface area contributed by atoms with Crippen molar-refractivity contribution in [1.82, 2.24) is 0 Å². The fourth-order valence-electron chi connectivity index (χ4n) is 2.46. The summed E-state index contributed by atoms with van der Waals surface area (Å²) in [6.45, 7) is 0. The summed E-state index contributed by atoms with van der Waals surface area (Å²) in [7, 11) is 0. The van der Waals surface area contributed by atoms with Gasteiger partial charge in [0.15, 0.2) is 0 Å². The van der Waals surface area contributed by atoms with Gasteiger partial charge in [-0.3, -0.25) is 0 Å². The smallest absolute Gasteiger partial charge is 0.339 e. The molecule has 0 aliphatic heterocycles. The van der Waals surface area contributed by atoms with Gasteiger partial charge in [-0.1, -0.05) is 31.9 Å². The van der Waals surface area contributed by atoms with Crippen molar-refractivity contribution in [1.29, 1.82) is 0 Å². The van der Waals surface area contributed by atoms with Crippen molar-refractivity contribution in [3.63, 3.8) is 0 Å². The third-order valence-corrected chi connectivity index (χ3v) is 4.70. The van der Waals surface area contributed by atoms with Crippen molar-refractivity contribution in [3.8, 4) is 5.75 Å². The Morgan fingerprint density at radius 2 is 1.20 bits per heavy atom. The van der Waals surface area contributed by atoms with E-state index in [1.54, 1.807) is 6.07 Å². The summed E-state index contributed by atoms with van der Waals surface area (Å²) in [5.74, 6) is -1.44. The van der Waals surface area contributed by atoms with Gasteiger partial charge >= 0.3 is 5.97 Å². The van der Waals surface area contributed by atoms with Crippen LogP contribution < -0.4 is 4.90 Å². The Labute approximate surface area is 161 Å². The molecule has 0 aromatic heterocycles. The van der Waals surface area contributed by atoms with Gasteiger partial charge in [0, 0.05) is 26.0 Å². The molecule has 3 aromatic rings. The molecule has 2 N–H and O–H groups in total. The molecule has 0 spiro atoms. The van der Waals surface area contributed by atoms with Crippen LogP contribution in [0.25, 0.3) is 0 Å². The van der Waals surface area contributed by atoms with E-state index in [-0.39, 0.29) is 11.3 Å². The standard InChI is InChI=1S/C19H13Br2NO3/c20-12-1-5-14(6-2-12)22(15-7-3-13(21)4-8-15)16-9-10-18(23)17(11-16)19(24)25/h1-11,23H,(H,24,25). The lowest BCUT2D eigenvalue weighted by Crippen LogP contribution is -2.11. The van der Waals surface area contributed by atoms with E-state index in [9.17, 15) is 15.0 Å². The number of halogens is 2. The van der Waals surface area contributed by atoms with E-state index in [2.05, 4.69) is 31.9 Å². The number of anilines is 3. The first-order chi connectivity index (χ1) is 12.0. The predicted octanol–water partition coefficient (Wildman–Crippen LogP) is 6.09. The average molecular weight is 463 g/mol. The lowest BCUT2D eigenvalue weighted by molar-refractivity contribution is 0.0694. The normalized spacial score (nSPS) is 10.5.